The normalized spacial score (nSPS) is 20.6. The van der Waals surface area contributed by atoms with E-state index in [-0.39, 0.29) is 29.8 Å². The molecule has 4 atom stereocenters. The van der Waals surface area contributed by atoms with Crippen molar-refractivity contribution < 1.29 is 9.53 Å². The predicted molar refractivity (Wildman–Crippen MR) is 328 cm³/mol. The second-order valence-electron chi connectivity index (χ2n) is 22.7. The number of aromatic amines is 2. The van der Waals surface area contributed by atoms with Crippen LogP contribution in [-0.4, -0.2) is 80.6 Å². The zero-order valence-corrected chi connectivity index (χ0v) is 45.7. The Balaban J connectivity index is 0.000000151. The highest BCUT2D eigenvalue weighted by Gasteiger charge is 2.34. The minimum absolute atomic E-state index is 0.0739. The molecule has 4 fully saturated rings. The van der Waals surface area contributed by atoms with Crippen LogP contribution >= 0.6 is 0 Å². The largest absolute Gasteiger partial charge is 0.445 e. The first-order valence-corrected chi connectivity index (χ1v) is 29.2. The Morgan fingerprint density at radius 1 is 0.500 bits per heavy atom. The van der Waals surface area contributed by atoms with Crippen molar-refractivity contribution in [1.82, 2.24) is 40.8 Å². The van der Waals surface area contributed by atoms with Crippen molar-refractivity contribution in [2.24, 2.45) is 9.98 Å². The predicted octanol–water partition coefficient (Wildman–Crippen LogP) is 12.3. The lowest BCUT2D eigenvalue weighted by molar-refractivity contribution is 0.0908. The molecule has 9 aromatic rings. The van der Waals surface area contributed by atoms with E-state index in [1.54, 1.807) is 4.90 Å². The summed E-state index contributed by atoms with van der Waals surface area (Å²) in [7, 11) is 0. The molecule has 8 heterocycles. The number of H-pyrrole nitrogens is 2. The zero-order chi connectivity index (χ0) is 55.1. The number of aliphatic imine (C=N–C) groups is 2. The van der Waals surface area contributed by atoms with Crippen LogP contribution < -0.4 is 27.1 Å². The Labute approximate surface area is 474 Å². The number of allylic oxidation sites excluding steroid dienone is 2. The number of likely N-dealkylation sites (tertiary alicyclic amines) is 1. The van der Waals surface area contributed by atoms with E-state index in [1.807, 2.05) is 73.1 Å². The Hall–Kier alpha value is -8.69. The number of hydrogen-bond donors (Lipinski definition) is 5. The van der Waals surface area contributed by atoms with Crippen molar-refractivity contribution in [1.29, 1.82) is 0 Å². The monoisotopic (exact) mass is 1080 g/mol. The molecule has 82 heavy (non-hydrogen) atoms. The smallest absolute Gasteiger partial charge is 0.410 e. The molecule has 1 amide bonds. The molecule has 5 N–H and O–H groups in total. The van der Waals surface area contributed by atoms with Gasteiger partial charge in [-0.25, -0.2) is 14.8 Å². The number of fused-ring (bicyclic) bond motifs is 4. The van der Waals surface area contributed by atoms with E-state index in [9.17, 15) is 14.4 Å². The molecule has 15 rings (SSSR count). The van der Waals surface area contributed by atoms with E-state index in [4.69, 9.17) is 24.7 Å². The summed E-state index contributed by atoms with van der Waals surface area (Å²) in [5.41, 5.74) is 13.6. The minimum atomic E-state index is -0.396. The molecule has 410 valence electrons. The number of nitrogens with zero attached hydrogens (tertiary/aromatic N) is 5. The first-order valence-electron chi connectivity index (χ1n) is 29.2. The van der Waals surface area contributed by atoms with E-state index in [1.165, 1.54) is 75.5 Å². The van der Waals surface area contributed by atoms with Crippen LogP contribution in [0.5, 0.6) is 0 Å². The number of aromatic nitrogens is 4. The van der Waals surface area contributed by atoms with Crippen LogP contribution in [0.25, 0.3) is 76.8 Å². The molecule has 0 unspecified atom stereocenters. The highest BCUT2D eigenvalue weighted by atomic mass is 16.6. The van der Waals surface area contributed by atoms with Crippen LogP contribution in [0.3, 0.4) is 0 Å². The summed E-state index contributed by atoms with van der Waals surface area (Å²) in [5.74, 6) is 1.24. The number of nitrogens with one attached hydrogen (secondary N) is 5. The van der Waals surface area contributed by atoms with Gasteiger partial charge in [-0.3, -0.25) is 24.5 Å². The second kappa shape index (κ2) is 22.3. The van der Waals surface area contributed by atoms with E-state index >= 15 is 0 Å². The number of benzene rings is 7. The van der Waals surface area contributed by atoms with Gasteiger partial charge in [0.1, 0.15) is 18.3 Å². The Morgan fingerprint density at radius 2 is 0.963 bits per heavy atom. The van der Waals surface area contributed by atoms with Crippen molar-refractivity contribution in [2.45, 2.75) is 95.0 Å². The van der Waals surface area contributed by atoms with Gasteiger partial charge in [-0.05, 0) is 191 Å². The molecule has 6 aliphatic heterocycles. The molecule has 14 heteroatoms. The molecular weight excluding hydrogens is 1020 g/mol. The maximum absolute atomic E-state index is 13.4. The van der Waals surface area contributed by atoms with Crippen molar-refractivity contribution >= 4 is 72.0 Å². The lowest BCUT2D eigenvalue weighted by Crippen LogP contribution is -2.32. The molecule has 0 saturated carbocycles. The fourth-order valence-corrected chi connectivity index (χ4v) is 12.8. The number of carbonyl (C=O) groups is 1. The summed E-state index contributed by atoms with van der Waals surface area (Å²) >= 11 is 0. The third kappa shape index (κ3) is 10.5. The Morgan fingerprint density at radius 3 is 1.49 bits per heavy atom. The number of hydrogen-bond acceptors (Lipinski definition) is 11. The maximum Gasteiger partial charge on any atom is 0.410 e. The molecule has 0 bridgehead atoms. The number of ether oxygens (including phenoxy) is 1. The van der Waals surface area contributed by atoms with Crippen LogP contribution in [0.1, 0.15) is 105 Å². The quantitative estimate of drug-likeness (QED) is 0.0890. The van der Waals surface area contributed by atoms with Crippen molar-refractivity contribution in [3.8, 4) is 22.3 Å². The summed E-state index contributed by atoms with van der Waals surface area (Å²) < 4.78 is 5.59. The number of rotatable bonds is 10. The fourth-order valence-electron chi connectivity index (χ4n) is 12.8. The highest BCUT2D eigenvalue weighted by Crippen LogP contribution is 2.36. The first-order chi connectivity index (χ1) is 40.3. The van der Waals surface area contributed by atoms with Crippen LogP contribution in [0.2, 0.25) is 0 Å². The van der Waals surface area contributed by atoms with Crippen LogP contribution in [0, 0.1) is 0 Å². The standard InChI is InChI=1S/C38H35N5O3.C30H29N5O/c44-37-31-20-29(27-11-10-26-19-28(13-12-25(26)18-27)30-21-34(40-22-30)33-8-4-16-39-33)14-15-32(31)41-36(42-37)35-9-5-17-43(35)38(45)46-23-24-6-2-1-3-7-24;36-30-24-15-22(9-10-25(24)34-29(35-30)27-4-2-12-32-27)20-6-5-19-14-21(8-7-18(19)13-20)23-16-28(33-17-23)26-3-1-11-31-26/h1-3,6-7,10-15,18-20,22,33,35,39H,4-5,8-9,16-17,21,23H2,(H,41,42,44);5-10,13-15,17,26-27,31-32H,1-4,11-12,16H2,(H,34,35,36)/t33-,35-;26-,27-/m00/s1. The van der Waals surface area contributed by atoms with Crippen molar-refractivity contribution in [3.63, 3.8) is 0 Å². The first kappa shape index (κ1) is 51.5. The molecule has 6 aliphatic rings. The van der Waals surface area contributed by atoms with E-state index in [2.05, 4.69) is 105 Å². The van der Waals surface area contributed by atoms with Gasteiger partial charge in [-0.2, -0.15) is 0 Å². The van der Waals surface area contributed by atoms with Gasteiger partial charge in [0.2, 0.25) is 0 Å². The molecule has 0 radical (unpaired) electrons. The van der Waals surface area contributed by atoms with Gasteiger partial charge in [0.15, 0.2) is 0 Å². The molecule has 4 saturated heterocycles. The molecule has 7 aromatic carbocycles. The lowest BCUT2D eigenvalue weighted by Gasteiger charge is -2.23. The molecule has 0 spiro atoms. The summed E-state index contributed by atoms with van der Waals surface area (Å²) in [6.07, 6.45) is 14.0. The van der Waals surface area contributed by atoms with Gasteiger partial charge in [-0.1, -0.05) is 91.0 Å². The SMILES string of the molecule is O=C(OCc1ccccc1)N1CCC[C@H]1c1nc2ccc(-c3ccc4cc(C5=CN=C([C@@H]6CCCN6)C5)ccc4c3)cc2c(=O)[nH]1.O=c1[nH]c([C@@H]2CCCN2)nc2ccc(-c3ccc4cc(C5=CN=C([C@@H]6CCCN6)C5)ccc4c3)cc12. The molecule has 2 aromatic heterocycles. The summed E-state index contributed by atoms with van der Waals surface area (Å²) in [5, 5.41) is 16.4. The summed E-state index contributed by atoms with van der Waals surface area (Å²) in [4.78, 5) is 65.9. The van der Waals surface area contributed by atoms with Crippen LogP contribution in [-0.2, 0) is 11.3 Å². The van der Waals surface area contributed by atoms with Gasteiger partial charge in [0.05, 0.1) is 33.9 Å². The van der Waals surface area contributed by atoms with E-state index in [0.717, 1.165) is 103 Å². The van der Waals surface area contributed by atoms with Gasteiger partial charge in [0.25, 0.3) is 11.1 Å². The van der Waals surface area contributed by atoms with Gasteiger partial charge < -0.3 is 30.7 Å². The summed E-state index contributed by atoms with van der Waals surface area (Å²) in [6.45, 7) is 3.91. The average Bonchev–Trinajstić information content (AvgIpc) is 4.49. The minimum Gasteiger partial charge on any atom is -0.445 e. The van der Waals surface area contributed by atoms with Crippen LogP contribution in [0.15, 0.2) is 172 Å². The van der Waals surface area contributed by atoms with E-state index < -0.39 is 6.09 Å². The van der Waals surface area contributed by atoms with Crippen LogP contribution in [0.4, 0.5) is 4.79 Å². The van der Waals surface area contributed by atoms with Gasteiger partial charge in [0, 0.05) is 55.3 Å². The molecule has 0 aliphatic carbocycles. The number of carbonyl (C=O) groups excluding carboxylic acids is 1. The summed E-state index contributed by atoms with van der Waals surface area (Å²) in [6, 6.07) is 48.3. The maximum atomic E-state index is 13.4. The average molecular weight is 1090 g/mol. The number of amides is 1. The molecule has 14 nitrogen and oxygen atoms in total. The van der Waals surface area contributed by atoms with E-state index in [0.29, 0.717) is 40.7 Å². The van der Waals surface area contributed by atoms with Crippen molar-refractivity contribution in [3.05, 3.63) is 201 Å². The third-order valence-corrected chi connectivity index (χ3v) is 17.4. The Bertz CT molecular complexity index is 4220. The fraction of sp³-hybridized carbons (Fsp3) is 0.279. The zero-order valence-electron chi connectivity index (χ0n) is 45.7. The topological polar surface area (TPSA) is 182 Å². The molecular formula is C68H64N10O4. The lowest BCUT2D eigenvalue weighted by atomic mass is 9.95. The van der Waals surface area contributed by atoms with Crippen molar-refractivity contribution in [2.75, 3.05) is 26.2 Å². The van der Waals surface area contributed by atoms with Gasteiger partial charge >= 0.3 is 6.09 Å². The second-order valence-corrected chi connectivity index (χ2v) is 22.7. The van der Waals surface area contributed by atoms with Gasteiger partial charge in [-0.15, -0.1) is 0 Å². The highest BCUT2D eigenvalue weighted by molar-refractivity contribution is 6.04. The third-order valence-electron chi connectivity index (χ3n) is 17.4. The Kier molecular flexibility index (Phi) is 14.0.